The predicted octanol–water partition coefficient (Wildman–Crippen LogP) is 3.69. The number of carboxylic acid groups (broad SMARTS) is 1. The first kappa shape index (κ1) is 15.0. The molecule has 0 bridgehead atoms. The second-order valence-corrected chi connectivity index (χ2v) is 4.58. The van der Waals surface area contributed by atoms with Crippen molar-refractivity contribution in [3.63, 3.8) is 0 Å². The zero-order valence-electron chi connectivity index (χ0n) is 11.5. The summed E-state index contributed by atoms with van der Waals surface area (Å²) in [5, 5.41) is 8.93. The van der Waals surface area contributed by atoms with Gasteiger partial charge in [0.25, 0.3) is 0 Å². The molecule has 0 unspecified atom stereocenters. The van der Waals surface area contributed by atoms with Gasteiger partial charge in [-0.25, -0.2) is 13.6 Å². The van der Waals surface area contributed by atoms with Gasteiger partial charge in [0.05, 0.1) is 5.56 Å². The Balaban J connectivity index is 2.31. The van der Waals surface area contributed by atoms with Crippen LogP contribution in [0.1, 0.15) is 22.8 Å². The number of hydrogen-bond acceptors (Lipinski definition) is 2. The molecule has 21 heavy (non-hydrogen) atoms. The molecule has 0 aliphatic carbocycles. The molecular formula is C16H15F2NO2. The van der Waals surface area contributed by atoms with Crippen LogP contribution in [0.15, 0.2) is 42.5 Å². The summed E-state index contributed by atoms with van der Waals surface area (Å²) in [6, 6.07) is 10.3. The van der Waals surface area contributed by atoms with Crippen molar-refractivity contribution in [2.75, 3.05) is 11.4 Å². The van der Waals surface area contributed by atoms with Crippen LogP contribution in [0.3, 0.4) is 0 Å². The quantitative estimate of drug-likeness (QED) is 0.913. The topological polar surface area (TPSA) is 40.5 Å². The van der Waals surface area contributed by atoms with Crippen LogP contribution >= 0.6 is 0 Å². The molecule has 0 fully saturated rings. The Hall–Kier alpha value is -2.43. The van der Waals surface area contributed by atoms with Crippen LogP contribution < -0.4 is 4.90 Å². The van der Waals surface area contributed by atoms with Gasteiger partial charge in [0.1, 0.15) is 11.6 Å². The van der Waals surface area contributed by atoms with Gasteiger partial charge in [0.15, 0.2) is 0 Å². The third-order valence-corrected chi connectivity index (χ3v) is 3.23. The number of anilines is 1. The first-order valence-corrected chi connectivity index (χ1v) is 6.54. The molecule has 0 aliphatic rings. The minimum absolute atomic E-state index is 0.174. The van der Waals surface area contributed by atoms with E-state index in [0.29, 0.717) is 12.2 Å². The summed E-state index contributed by atoms with van der Waals surface area (Å²) >= 11 is 0. The monoisotopic (exact) mass is 291 g/mol. The summed E-state index contributed by atoms with van der Waals surface area (Å²) in [5.41, 5.74) is 0.529. The van der Waals surface area contributed by atoms with Gasteiger partial charge in [0.2, 0.25) is 0 Å². The minimum Gasteiger partial charge on any atom is -0.478 e. The summed E-state index contributed by atoms with van der Waals surface area (Å²) in [7, 11) is 0. The Morgan fingerprint density at radius 1 is 1.19 bits per heavy atom. The lowest BCUT2D eigenvalue weighted by atomic mass is 10.1. The molecule has 3 nitrogen and oxygen atoms in total. The van der Waals surface area contributed by atoms with Crippen molar-refractivity contribution in [1.82, 2.24) is 0 Å². The van der Waals surface area contributed by atoms with Crippen LogP contribution in [-0.4, -0.2) is 17.6 Å². The predicted molar refractivity (Wildman–Crippen MR) is 76.5 cm³/mol. The number of carbonyl (C=O) groups is 1. The number of rotatable bonds is 5. The molecule has 5 heteroatoms. The molecule has 110 valence electrons. The van der Waals surface area contributed by atoms with Crippen molar-refractivity contribution < 1.29 is 18.7 Å². The zero-order valence-corrected chi connectivity index (χ0v) is 11.5. The average molecular weight is 291 g/mol. The fourth-order valence-corrected chi connectivity index (χ4v) is 2.13. The molecule has 1 N–H and O–H groups in total. The Morgan fingerprint density at radius 3 is 2.52 bits per heavy atom. The largest absolute Gasteiger partial charge is 0.478 e. The molecule has 0 saturated carbocycles. The highest BCUT2D eigenvalue weighted by Gasteiger charge is 2.16. The molecule has 0 amide bonds. The van der Waals surface area contributed by atoms with Gasteiger partial charge in [-0.2, -0.15) is 0 Å². The minimum atomic E-state index is -1.30. The molecule has 0 saturated heterocycles. The van der Waals surface area contributed by atoms with Crippen LogP contribution in [0.25, 0.3) is 0 Å². The van der Waals surface area contributed by atoms with Crippen LogP contribution in [0.5, 0.6) is 0 Å². The van der Waals surface area contributed by atoms with Crippen LogP contribution in [0, 0.1) is 11.6 Å². The van der Waals surface area contributed by atoms with Crippen molar-refractivity contribution in [2.24, 2.45) is 0 Å². The number of aromatic carboxylic acids is 1. The molecule has 0 atom stereocenters. The molecular weight excluding hydrogens is 276 g/mol. The lowest BCUT2D eigenvalue weighted by molar-refractivity contribution is 0.0691. The summed E-state index contributed by atoms with van der Waals surface area (Å²) in [6.45, 7) is 2.58. The first-order valence-electron chi connectivity index (χ1n) is 6.54. The fourth-order valence-electron chi connectivity index (χ4n) is 2.13. The Kier molecular flexibility index (Phi) is 4.52. The van der Waals surface area contributed by atoms with Crippen LogP contribution in [0.2, 0.25) is 0 Å². The van der Waals surface area contributed by atoms with Gasteiger partial charge < -0.3 is 10.0 Å². The lowest BCUT2D eigenvalue weighted by Crippen LogP contribution is -2.23. The van der Waals surface area contributed by atoms with Crippen molar-refractivity contribution in [2.45, 2.75) is 13.5 Å². The molecule has 0 aliphatic heterocycles. The number of benzene rings is 2. The molecule has 0 spiro atoms. The van der Waals surface area contributed by atoms with E-state index in [1.807, 2.05) is 6.92 Å². The smallest absolute Gasteiger partial charge is 0.338 e. The van der Waals surface area contributed by atoms with E-state index in [1.54, 1.807) is 17.0 Å². The van der Waals surface area contributed by atoms with Crippen LogP contribution in [-0.2, 0) is 6.54 Å². The Morgan fingerprint density at radius 2 is 1.90 bits per heavy atom. The lowest BCUT2D eigenvalue weighted by Gasteiger charge is -2.23. The van der Waals surface area contributed by atoms with Gasteiger partial charge in [-0.1, -0.05) is 18.2 Å². The van der Waals surface area contributed by atoms with Crippen molar-refractivity contribution in [1.29, 1.82) is 0 Å². The maximum absolute atomic E-state index is 14.1. The van der Waals surface area contributed by atoms with E-state index in [1.165, 1.54) is 30.3 Å². The normalized spacial score (nSPS) is 10.4. The number of carboxylic acids is 1. The van der Waals surface area contributed by atoms with E-state index in [0.717, 1.165) is 0 Å². The third-order valence-electron chi connectivity index (χ3n) is 3.23. The van der Waals surface area contributed by atoms with Crippen molar-refractivity contribution in [3.8, 4) is 0 Å². The van der Waals surface area contributed by atoms with E-state index in [4.69, 9.17) is 5.11 Å². The molecule has 2 aromatic rings. The molecule has 2 aromatic carbocycles. The zero-order chi connectivity index (χ0) is 15.4. The average Bonchev–Trinajstić information content (AvgIpc) is 2.46. The second kappa shape index (κ2) is 6.35. The van der Waals surface area contributed by atoms with Gasteiger partial charge >= 0.3 is 5.97 Å². The Labute approximate surface area is 121 Å². The number of halogens is 2. The summed E-state index contributed by atoms with van der Waals surface area (Å²) < 4.78 is 27.4. The van der Waals surface area contributed by atoms with Gasteiger partial charge in [-0.15, -0.1) is 0 Å². The van der Waals surface area contributed by atoms with Gasteiger partial charge in [-0.05, 0) is 31.2 Å². The summed E-state index contributed by atoms with van der Waals surface area (Å²) in [4.78, 5) is 12.7. The highest BCUT2D eigenvalue weighted by molar-refractivity contribution is 5.88. The second-order valence-electron chi connectivity index (χ2n) is 4.58. The third kappa shape index (κ3) is 3.37. The Bertz CT molecular complexity index is 658. The van der Waals surface area contributed by atoms with Gasteiger partial charge in [0, 0.05) is 24.3 Å². The maximum atomic E-state index is 14.1. The summed E-state index contributed by atoms with van der Waals surface area (Å²) in [6.07, 6.45) is 0. The van der Waals surface area contributed by atoms with Crippen molar-refractivity contribution >= 4 is 11.7 Å². The van der Waals surface area contributed by atoms with Crippen LogP contribution in [0.4, 0.5) is 14.5 Å². The van der Waals surface area contributed by atoms with Crippen molar-refractivity contribution in [3.05, 3.63) is 65.2 Å². The number of nitrogens with zero attached hydrogens (tertiary/aromatic N) is 1. The van der Waals surface area contributed by atoms with E-state index in [2.05, 4.69) is 0 Å². The maximum Gasteiger partial charge on any atom is 0.338 e. The standard InChI is InChI=1S/C16H15F2NO2/c1-2-19(13-7-4-6-12(17)9-13)10-11-5-3-8-14(15(11)18)16(20)21/h3-9H,2,10H2,1H3,(H,20,21). The first-order chi connectivity index (χ1) is 10.0. The summed E-state index contributed by atoms with van der Waals surface area (Å²) in [5.74, 6) is -2.42. The molecule has 0 radical (unpaired) electrons. The molecule has 0 aromatic heterocycles. The molecule has 0 heterocycles. The van der Waals surface area contributed by atoms with Gasteiger partial charge in [-0.3, -0.25) is 0 Å². The highest BCUT2D eigenvalue weighted by Crippen LogP contribution is 2.21. The highest BCUT2D eigenvalue weighted by atomic mass is 19.1. The van der Waals surface area contributed by atoms with E-state index in [9.17, 15) is 13.6 Å². The molecule has 2 rings (SSSR count). The van der Waals surface area contributed by atoms with E-state index < -0.39 is 11.8 Å². The SMILES string of the molecule is CCN(Cc1cccc(C(=O)O)c1F)c1cccc(F)c1. The van der Waals surface area contributed by atoms with E-state index >= 15 is 0 Å². The fraction of sp³-hybridized carbons (Fsp3) is 0.188. The van der Waals surface area contributed by atoms with E-state index in [-0.39, 0.29) is 23.5 Å². The number of hydrogen-bond donors (Lipinski definition) is 1.